The van der Waals surface area contributed by atoms with Gasteiger partial charge in [0, 0.05) is 11.4 Å². The van der Waals surface area contributed by atoms with E-state index >= 15 is 0 Å². The van der Waals surface area contributed by atoms with Crippen LogP contribution < -0.4 is 5.73 Å². The minimum absolute atomic E-state index is 0.0101. The van der Waals surface area contributed by atoms with Gasteiger partial charge in [-0.1, -0.05) is 6.07 Å². The van der Waals surface area contributed by atoms with Crippen molar-refractivity contribution in [2.75, 3.05) is 13.1 Å². The molecule has 4 heteroatoms. The Morgan fingerprint density at radius 2 is 2.46 bits per heavy atom. The molecule has 0 aliphatic heterocycles. The lowest BCUT2D eigenvalue weighted by molar-refractivity contribution is -0.130. The van der Waals surface area contributed by atoms with Crippen molar-refractivity contribution in [2.45, 2.75) is 13.5 Å². The summed E-state index contributed by atoms with van der Waals surface area (Å²) in [5.74, 6) is 0.0101. The Morgan fingerprint density at radius 3 is 2.92 bits per heavy atom. The van der Waals surface area contributed by atoms with Gasteiger partial charge in [0.25, 0.3) is 0 Å². The largest absolute Gasteiger partial charge is 0.337 e. The highest BCUT2D eigenvalue weighted by Gasteiger charge is 2.09. The maximum atomic E-state index is 11.3. The number of hydrogen-bond donors (Lipinski definition) is 1. The first kappa shape index (κ1) is 10.2. The van der Waals surface area contributed by atoms with Crippen molar-refractivity contribution >= 4 is 17.2 Å². The minimum Gasteiger partial charge on any atom is -0.337 e. The number of nitrogens with two attached hydrogens (primary N) is 1. The number of carbonyl (C=O) groups is 1. The van der Waals surface area contributed by atoms with Crippen molar-refractivity contribution in [3.63, 3.8) is 0 Å². The molecule has 0 radical (unpaired) electrons. The van der Waals surface area contributed by atoms with E-state index in [0.29, 0.717) is 13.1 Å². The van der Waals surface area contributed by atoms with Crippen LogP contribution in [0, 0.1) is 0 Å². The van der Waals surface area contributed by atoms with Crippen LogP contribution in [0.4, 0.5) is 0 Å². The van der Waals surface area contributed by atoms with Gasteiger partial charge >= 0.3 is 0 Å². The van der Waals surface area contributed by atoms with Gasteiger partial charge in [-0.05, 0) is 18.4 Å². The number of amides is 1. The molecule has 0 saturated carbocycles. The summed E-state index contributed by atoms with van der Waals surface area (Å²) in [6, 6.07) is 4.01. The normalized spacial score (nSPS) is 10.0. The van der Waals surface area contributed by atoms with Crippen LogP contribution in [0.25, 0.3) is 0 Å². The van der Waals surface area contributed by atoms with Crippen LogP contribution >= 0.6 is 11.3 Å². The lowest BCUT2D eigenvalue weighted by Gasteiger charge is -2.18. The Bertz CT molecular complexity index is 259. The zero-order valence-electron chi connectivity index (χ0n) is 7.69. The van der Waals surface area contributed by atoms with Crippen molar-refractivity contribution in [1.29, 1.82) is 0 Å². The van der Waals surface area contributed by atoms with E-state index in [2.05, 4.69) is 0 Å². The van der Waals surface area contributed by atoms with Gasteiger partial charge in [-0.25, -0.2) is 0 Å². The van der Waals surface area contributed by atoms with Crippen LogP contribution in [-0.2, 0) is 11.3 Å². The maximum Gasteiger partial charge on any atom is 0.236 e. The highest BCUT2D eigenvalue weighted by molar-refractivity contribution is 7.09. The minimum atomic E-state index is 0.0101. The van der Waals surface area contributed by atoms with E-state index < -0.39 is 0 Å². The van der Waals surface area contributed by atoms with E-state index in [1.54, 1.807) is 16.2 Å². The lowest BCUT2D eigenvalue weighted by Crippen LogP contribution is -2.35. The predicted octanol–water partition coefficient (Wildman–Crippen LogP) is 1.06. The maximum absolute atomic E-state index is 11.3. The summed E-state index contributed by atoms with van der Waals surface area (Å²) in [6.07, 6.45) is 0. The van der Waals surface area contributed by atoms with E-state index in [9.17, 15) is 4.79 Å². The fourth-order valence-electron chi connectivity index (χ4n) is 1.10. The van der Waals surface area contributed by atoms with E-state index in [1.165, 1.54) is 4.88 Å². The van der Waals surface area contributed by atoms with E-state index in [1.807, 2.05) is 24.4 Å². The fraction of sp³-hybridized carbons (Fsp3) is 0.444. The number of rotatable bonds is 4. The van der Waals surface area contributed by atoms with Gasteiger partial charge in [-0.2, -0.15) is 0 Å². The van der Waals surface area contributed by atoms with Gasteiger partial charge in [0.2, 0.25) is 5.91 Å². The van der Waals surface area contributed by atoms with Crippen LogP contribution in [0.2, 0.25) is 0 Å². The fourth-order valence-corrected chi connectivity index (χ4v) is 1.82. The highest BCUT2D eigenvalue weighted by atomic mass is 32.1. The van der Waals surface area contributed by atoms with Crippen LogP contribution in [-0.4, -0.2) is 23.9 Å². The van der Waals surface area contributed by atoms with Crippen molar-refractivity contribution in [1.82, 2.24) is 4.90 Å². The Morgan fingerprint density at radius 1 is 1.69 bits per heavy atom. The first-order chi connectivity index (χ1) is 6.27. The molecular formula is C9H14N2OS. The van der Waals surface area contributed by atoms with E-state index in [0.717, 1.165) is 0 Å². The first-order valence-electron chi connectivity index (χ1n) is 4.28. The third-order valence-electron chi connectivity index (χ3n) is 1.84. The van der Waals surface area contributed by atoms with Gasteiger partial charge in [-0.15, -0.1) is 11.3 Å². The molecule has 72 valence electrons. The molecule has 3 nitrogen and oxygen atoms in total. The summed E-state index contributed by atoms with van der Waals surface area (Å²) in [4.78, 5) is 14.2. The topological polar surface area (TPSA) is 46.3 Å². The third-order valence-corrected chi connectivity index (χ3v) is 2.70. The molecule has 0 aliphatic carbocycles. The molecule has 1 aromatic heterocycles. The zero-order chi connectivity index (χ0) is 9.68. The zero-order valence-corrected chi connectivity index (χ0v) is 8.51. The van der Waals surface area contributed by atoms with Gasteiger partial charge in [0.1, 0.15) is 0 Å². The average Bonchev–Trinajstić information content (AvgIpc) is 2.65. The Balaban J connectivity index is 2.54. The van der Waals surface area contributed by atoms with Crippen LogP contribution in [0.5, 0.6) is 0 Å². The summed E-state index contributed by atoms with van der Waals surface area (Å²) in [5.41, 5.74) is 5.29. The van der Waals surface area contributed by atoms with Crippen LogP contribution in [0.3, 0.4) is 0 Å². The molecule has 0 saturated heterocycles. The molecule has 0 unspecified atom stereocenters. The quantitative estimate of drug-likeness (QED) is 0.786. The van der Waals surface area contributed by atoms with E-state index in [4.69, 9.17) is 5.73 Å². The first-order valence-corrected chi connectivity index (χ1v) is 5.16. The van der Waals surface area contributed by atoms with Gasteiger partial charge < -0.3 is 10.6 Å². The van der Waals surface area contributed by atoms with Crippen molar-refractivity contribution in [3.05, 3.63) is 22.4 Å². The molecule has 1 heterocycles. The molecular weight excluding hydrogens is 184 g/mol. The summed E-state index contributed by atoms with van der Waals surface area (Å²) < 4.78 is 0. The number of hydrogen-bond acceptors (Lipinski definition) is 3. The molecule has 1 aromatic rings. The molecule has 2 N–H and O–H groups in total. The average molecular weight is 198 g/mol. The summed E-state index contributed by atoms with van der Waals surface area (Å²) >= 11 is 1.66. The molecule has 0 bridgehead atoms. The van der Waals surface area contributed by atoms with Gasteiger partial charge in [0.05, 0.1) is 13.1 Å². The standard InChI is InChI=1S/C9H14N2OS/c1-2-11(9(12)6-10)7-8-4-3-5-13-8/h3-5H,2,6-7,10H2,1H3. The number of nitrogens with zero attached hydrogens (tertiary/aromatic N) is 1. The van der Waals surface area contributed by atoms with Crippen molar-refractivity contribution in [3.8, 4) is 0 Å². The highest BCUT2D eigenvalue weighted by Crippen LogP contribution is 2.11. The summed E-state index contributed by atoms with van der Waals surface area (Å²) in [6.45, 7) is 3.46. The molecule has 0 aromatic carbocycles. The summed E-state index contributed by atoms with van der Waals surface area (Å²) in [5, 5.41) is 2.01. The number of likely N-dealkylation sites (N-methyl/N-ethyl adjacent to an activating group) is 1. The molecule has 13 heavy (non-hydrogen) atoms. The second kappa shape index (κ2) is 4.99. The molecule has 0 spiro atoms. The second-order valence-electron chi connectivity index (χ2n) is 2.69. The molecule has 0 aliphatic rings. The SMILES string of the molecule is CCN(Cc1cccs1)C(=O)CN. The molecule has 0 fully saturated rings. The lowest BCUT2D eigenvalue weighted by atomic mass is 10.4. The summed E-state index contributed by atoms with van der Waals surface area (Å²) in [7, 11) is 0. The number of thiophene rings is 1. The predicted molar refractivity (Wildman–Crippen MR) is 54.5 cm³/mol. The van der Waals surface area contributed by atoms with Crippen molar-refractivity contribution < 1.29 is 4.79 Å². The number of carbonyl (C=O) groups excluding carboxylic acids is 1. The Kier molecular flexibility index (Phi) is 3.92. The second-order valence-corrected chi connectivity index (χ2v) is 3.72. The Labute approximate surface area is 82.2 Å². The molecule has 1 amide bonds. The van der Waals surface area contributed by atoms with Crippen LogP contribution in [0.1, 0.15) is 11.8 Å². The van der Waals surface area contributed by atoms with Crippen LogP contribution in [0.15, 0.2) is 17.5 Å². The van der Waals surface area contributed by atoms with Gasteiger partial charge in [0.15, 0.2) is 0 Å². The Hall–Kier alpha value is -0.870. The van der Waals surface area contributed by atoms with Gasteiger partial charge in [-0.3, -0.25) is 4.79 Å². The molecule has 1 rings (SSSR count). The third kappa shape index (κ3) is 2.82. The smallest absolute Gasteiger partial charge is 0.236 e. The monoisotopic (exact) mass is 198 g/mol. The van der Waals surface area contributed by atoms with E-state index in [-0.39, 0.29) is 12.5 Å². The van der Waals surface area contributed by atoms with Crippen molar-refractivity contribution in [2.24, 2.45) is 5.73 Å². The molecule has 0 atom stereocenters.